The van der Waals surface area contributed by atoms with E-state index in [9.17, 15) is 0 Å². The molecule has 0 spiro atoms. The fourth-order valence-electron chi connectivity index (χ4n) is 1.17. The van der Waals surface area contributed by atoms with E-state index in [1.807, 2.05) is 13.2 Å². The minimum absolute atomic E-state index is 0.466. The van der Waals surface area contributed by atoms with E-state index in [2.05, 4.69) is 36.3 Å². The summed E-state index contributed by atoms with van der Waals surface area (Å²) in [6.45, 7) is 0. The topological polar surface area (TPSA) is 64.9 Å². The molecule has 0 amide bonds. The number of anilines is 2. The summed E-state index contributed by atoms with van der Waals surface area (Å²) in [5, 5.41) is 7.05. The van der Waals surface area contributed by atoms with Crippen LogP contribution in [0.15, 0.2) is 23.1 Å². The number of hydrogen-bond acceptors (Lipinski definition) is 5. The average molecular weight is 284 g/mol. The highest BCUT2D eigenvalue weighted by atomic mass is 79.9. The SMILES string of the molecule is COc1nc(Nc2cnn(C)c2)ncc1Br. The van der Waals surface area contributed by atoms with Gasteiger partial charge in [-0.1, -0.05) is 0 Å². The first-order chi connectivity index (χ1) is 7.69. The third-order valence-electron chi connectivity index (χ3n) is 1.87. The number of halogens is 1. The molecule has 1 N–H and O–H groups in total. The van der Waals surface area contributed by atoms with Crippen molar-refractivity contribution in [3.8, 4) is 5.88 Å². The Hall–Kier alpha value is -1.63. The Morgan fingerprint density at radius 3 is 2.88 bits per heavy atom. The van der Waals surface area contributed by atoms with Crippen LogP contribution in [0.25, 0.3) is 0 Å². The zero-order valence-electron chi connectivity index (χ0n) is 8.81. The van der Waals surface area contributed by atoms with Crippen LogP contribution in [0, 0.1) is 0 Å². The van der Waals surface area contributed by atoms with Gasteiger partial charge >= 0.3 is 0 Å². The van der Waals surface area contributed by atoms with Crippen LogP contribution in [-0.2, 0) is 7.05 Å². The summed E-state index contributed by atoms with van der Waals surface area (Å²) in [5.74, 6) is 0.953. The van der Waals surface area contributed by atoms with Crippen LogP contribution in [0.3, 0.4) is 0 Å². The first kappa shape index (κ1) is 10.9. The van der Waals surface area contributed by atoms with Crippen LogP contribution in [0.4, 0.5) is 11.6 Å². The molecule has 0 aromatic carbocycles. The van der Waals surface area contributed by atoms with Crippen LogP contribution < -0.4 is 10.1 Å². The largest absolute Gasteiger partial charge is 0.480 e. The minimum Gasteiger partial charge on any atom is -0.480 e. The summed E-state index contributed by atoms with van der Waals surface area (Å²) in [7, 11) is 3.40. The Labute approximate surface area is 101 Å². The van der Waals surface area contributed by atoms with Crippen LogP contribution in [0.5, 0.6) is 5.88 Å². The van der Waals surface area contributed by atoms with E-state index in [-0.39, 0.29) is 0 Å². The molecule has 2 aromatic heterocycles. The van der Waals surface area contributed by atoms with E-state index >= 15 is 0 Å². The van der Waals surface area contributed by atoms with Gasteiger partial charge in [-0.25, -0.2) is 4.98 Å². The van der Waals surface area contributed by atoms with Gasteiger partial charge in [0.15, 0.2) is 0 Å². The molecule has 84 valence electrons. The molecule has 0 aliphatic rings. The maximum atomic E-state index is 5.07. The number of rotatable bonds is 3. The molecule has 0 saturated heterocycles. The maximum Gasteiger partial charge on any atom is 0.232 e. The van der Waals surface area contributed by atoms with E-state index in [1.54, 1.807) is 24.2 Å². The van der Waals surface area contributed by atoms with Crippen molar-refractivity contribution in [2.75, 3.05) is 12.4 Å². The molecule has 0 bridgehead atoms. The molecular weight excluding hydrogens is 274 g/mol. The highest BCUT2D eigenvalue weighted by Crippen LogP contribution is 2.23. The Bertz CT molecular complexity index is 498. The third kappa shape index (κ3) is 2.30. The fraction of sp³-hybridized carbons (Fsp3) is 0.222. The predicted molar refractivity (Wildman–Crippen MR) is 62.8 cm³/mol. The second-order valence-electron chi connectivity index (χ2n) is 3.08. The number of ether oxygens (including phenoxy) is 1. The summed E-state index contributed by atoms with van der Waals surface area (Å²) in [4.78, 5) is 8.27. The summed E-state index contributed by atoms with van der Waals surface area (Å²) in [6.07, 6.45) is 5.15. The van der Waals surface area contributed by atoms with Crippen LogP contribution in [-0.4, -0.2) is 26.9 Å². The van der Waals surface area contributed by atoms with Gasteiger partial charge in [0.2, 0.25) is 11.8 Å². The van der Waals surface area contributed by atoms with E-state index in [1.165, 1.54) is 0 Å². The number of nitrogens with one attached hydrogen (secondary N) is 1. The van der Waals surface area contributed by atoms with E-state index in [0.717, 1.165) is 5.69 Å². The smallest absolute Gasteiger partial charge is 0.232 e. The second kappa shape index (κ2) is 4.48. The lowest BCUT2D eigenvalue weighted by molar-refractivity contribution is 0.394. The van der Waals surface area contributed by atoms with Crippen LogP contribution in [0.1, 0.15) is 0 Å². The molecule has 6 nitrogen and oxygen atoms in total. The molecule has 0 aliphatic heterocycles. The predicted octanol–water partition coefficient (Wildman–Crippen LogP) is 1.72. The third-order valence-corrected chi connectivity index (χ3v) is 2.41. The quantitative estimate of drug-likeness (QED) is 0.929. The van der Waals surface area contributed by atoms with E-state index < -0.39 is 0 Å². The number of aryl methyl sites for hydroxylation is 1. The molecule has 0 aliphatic carbocycles. The summed E-state index contributed by atoms with van der Waals surface area (Å²) in [6, 6.07) is 0. The molecule has 7 heteroatoms. The molecular formula is C9H10BrN5O. The van der Waals surface area contributed by atoms with Gasteiger partial charge in [-0.3, -0.25) is 4.68 Å². The van der Waals surface area contributed by atoms with Gasteiger partial charge in [-0.05, 0) is 15.9 Å². The molecule has 0 atom stereocenters. The Morgan fingerprint density at radius 2 is 2.25 bits per heavy atom. The number of methoxy groups -OCH3 is 1. The summed E-state index contributed by atoms with van der Waals surface area (Å²) >= 11 is 3.29. The standard InChI is InChI=1S/C9H10BrN5O/c1-15-5-6(3-12-15)13-9-11-4-7(10)8(14-9)16-2/h3-5H,1-2H3,(H,11,13,14). The highest BCUT2D eigenvalue weighted by Gasteiger charge is 2.05. The zero-order valence-corrected chi connectivity index (χ0v) is 10.4. The van der Waals surface area contributed by atoms with Crippen molar-refractivity contribution in [3.63, 3.8) is 0 Å². The Morgan fingerprint density at radius 1 is 1.44 bits per heavy atom. The normalized spacial score (nSPS) is 10.2. The van der Waals surface area contributed by atoms with Crippen molar-refractivity contribution in [1.82, 2.24) is 19.7 Å². The van der Waals surface area contributed by atoms with Gasteiger partial charge in [0.05, 0.1) is 29.7 Å². The van der Waals surface area contributed by atoms with Crippen molar-refractivity contribution in [2.45, 2.75) is 0 Å². The van der Waals surface area contributed by atoms with E-state index in [4.69, 9.17) is 4.74 Å². The van der Waals surface area contributed by atoms with E-state index in [0.29, 0.717) is 16.3 Å². The van der Waals surface area contributed by atoms with Crippen molar-refractivity contribution in [2.24, 2.45) is 7.05 Å². The van der Waals surface area contributed by atoms with Crippen molar-refractivity contribution in [3.05, 3.63) is 23.1 Å². The van der Waals surface area contributed by atoms with Gasteiger partial charge in [0.1, 0.15) is 0 Å². The minimum atomic E-state index is 0.466. The highest BCUT2D eigenvalue weighted by molar-refractivity contribution is 9.10. The Kier molecular flexibility index (Phi) is 3.04. The lowest BCUT2D eigenvalue weighted by Gasteiger charge is -2.04. The summed E-state index contributed by atoms with van der Waals surface area (Å²) < 4.78 is 7.48. The molecule has 0 saturated carbocycles. The number of nitrogens with zero attached hydrogens (tertiary/aromatic N) is 4. The Balaban J connectivity index is 2.21. The maximum absolute atomic E-state index is 5.07. The van der Waals surface area contributed by atoms with Crippen molar-refractivity contribution in [1.29, 1.82) is 0 Å². The lowest BCUT2D eigenvalue weighted by atomic mass is 10.5. The zero-order chi connectivity index (χ0) is 11.5. The van der Waals surface area contributed by atoms with Gasteiger partial charge in [0.25, 0.3) is 0 Å². The molecule has 16 heavy (non-hydrogen) atoms. The van der Waals surface area contributed by atoms with Crippen molar-refractivity contribution < 1.29 is 4.74 Å². The van der Waals surface area contributed by atoms with Crippen LogP contribution >= 0.6 is 15.9 Å². The first-order valence-corrected chi connectivity index (χ1v) is 5.30. The van der Waals surface area contributed by atoms with Crippen molar-refractivity contribution >= 4 is 27.6 Å². The molecule has 0 fully saturated rings. The van der Waals surface area contributed by atoms with Gasteiger partial charge < -0.3 is 10.1 Å². The molecule has 0 unspecified atom stereocenters. The molecule has 2 rings (SSSR count). The first-order valence-electron chi connectivity index (χ1n) is 4.51. The van der Waals surface area contributed by atoms with Gasteiger partial charge in [-0.2, -0.15) is 10.1 Å². The fourth-order valence-corrected chi connectivity index (χ4v) is 1.52. The van der Waals surface area contributed by atoms with Crippen LogP contribution in [0.2, 0.25) is 0 Å². The lowest BCUT2D eigenvalue weighted by Crippen LogP contribution is -1.98. The molecule has 2 aromatic rings. The average Bonchev–Trinajstić information content (AvgIpc) is 2.67. The second-order valence-corrected chi connectivity index (χ2v) is 3.93. The monoisotopic (exact) mass is 283 g/mol. The molecule has 2 heterocycles. The molecule has 0 radical (unpaired) electrons. The number of hydrogen-bond donors (Lipinski definition) is 1. The van der Waals surface area contributed by atoms with Gasteiger partial charge in [0, 0.05) is 13.2 Å². The van der Waals surface area contributed by atoms with Gasteiger partial charge in [-0.15, -0.1) is 0 Å². The summed E-state index contributed by atoms with van der Waals surface area (Å²) in [5.41, 5.74) is 0.826. The number of aromatic nitrogens is 4.